The summed E-state index contributed by atoms with van der Waals surface area (Å²) >= 11 is 5.82. The first-order chi connectivity index (χ1) is 11.4. The summed E-state index contributed by atoms with van der Waals surface area (Å²) in [5.41, 5.74) is 1.20. The molecule has 0 spiro atoms. The van der Waals surface area contributed by atoms with Gasteiger partial charge >= 0.3 is 5.97 Å². The maximum atomic E-state index is 11.9. The smallest absolute Gasteiger partial charge is 0.342 e. The van der Waals surface area contributed by atoms with E-state index in [1.54, 1.807) is 13.0 Å². The summed E-state index contributed by atoms with van der Waals surface area (Å²) in [5.74, 6) is -1.68. The summed E-state index contributed by atoms with van der Waals surface area (Å²) in [7, 11) is 0. The van der Waals surface area contributed by atoms with Crippen LogP contribution in [0.4, 0.5) is 5.69 Å². The molecule has 0 heterocycles. The first-order valence-corrected chi connectivity index (χ1v) is 7.24. The normalized spacial score (nSPS) is 9.88. The fourth-order valence-electron chi connectivity index (χ4n) is 1.93. The number of benzene rings is 2. The second-order valence-electron chi connectivity index (χ2n) is 4.95. The fourth-order valence-corrected chi connectivity index (χ4v) is 2.10. The number of esters is 1. The molecule has 0 aliphatic rings. The number of hydrogen-bond donors (Lipinski definition) is 2. The molecule has 24 heavy (non-hydrogen) atoms. The maximum absolute atomic E-state index is 11.9. The zero-order valence-electron chi connectivity index (χ0n) is 12.7. The molecular formula is C17H13ClN2O4. The van der Waals surface area contributed by atoms with Crippen LogP contribution in [0.25, 0.3) is 0 Å². The van der Waals surface area contributed by atoms with Gasteiger partial charge in [0.25, 0.3) is 5.91 Å². The molecule has 2 aromatic carbocycles. The number of phenols is 1. The van der Waals surface area contributed by atoms with Crippen molar-refractivity contribution in [3.05, 3.63) is 58.1 Å². The van der Waals surface area contributed by atoms with E-state index in [9.17, 15) is 14.7 Å². The largest absolute Gasteiger partial charge is 0.507 e. The monoisotopic (exact) mass is 344 g/mol. The molecule has 2 aromatic rings. The number of nitrogens with zero attached hydrogens (tertiary/aromatic N) is 1. The van der Waals surface area contributed by atoms with Crippen LogP contribution in [0, 0.1) is 18.3 Å². The third-order valence-corrected chi connectivity index (χ3v) is 3.32. The molecule has 0 aliphatic heterocycles. The van der Waals surface area contributed by atoms with Crippen LogP contribution in [0.5, 0.6) is 5.75 Å². The van der Waals surface area contributed by atoms with Gasteiger partial charge < -0.3 is 15.2 Å². The minimum Gasteiger partial charge on any atom is -0.507 e. The highest BCUT2D eigenvalue weighted by atomic mass is 35.5. The molecule has 1 amide bonds. The number of amides is 1. The predicted octanol–water partition coefficient (Wildman–Crippen LogP) is 3.02. The molecule has 0 saturated heterocycles. The molecule has 0 aromatic heterocycles. The van der Waals surface area contributed by atoms with Crippen LogP contribution in [-0.2, 0) is 9.53 Å². The van der Waals surface area contributed by atoms with Gasteiger partial charge in [0, 0.05) is 5.02 Å². The van der Waals surface area contributed by atoms with Crippen LogP contribution in [0.3, 0.4) is 0 Å². The van der Waals surface area contributed by atoms with Gasteiger partial charge in [0.2, 0.25) is 0 Å². The molecular weight excluding hydrogens is 332 g/mol. The summed E-state index contributed by atoms with van der Waals surface area (Å²) < 4.78 is 4.87. The SMILES string of the molecule is Cc1ccc(O)c(C(=O)OCC(=O)Nc2cc(Cl)ccc2C#N)c1. The Labute approximate surface area is 143 Å². The Bertz CT molecular complexity index is 843. The van der Waals surface area contributed by atoms with Crippen LogP contribution in [0.15, 0.2) is 36.4 Å². The Kier molecular flexibility index (Phi) is 5.40. The lowest BCUT2D eigenvalue weighted by atomic mass is 10.1. The molecule has 6 nitrogen and oxygen atoms in total. The zero-order valence-corrected chi connectivity index (χ0v) is 13.4. The van der Waals surface area contributed by atoms with Gasteiger partial charge in [-0.1, -0.05) is 23.2 Å². The molecule has 7 heteroatoms. The van der Waals surface area contributed by atoms with E-state index in [2.05, 4.69) is 5.32 Å². The van der Waals surface area contributed by atoms with E-state index in [4.69, 9.17) is 21.6 Å². The van der Waals surface area contributed by atoms with E-state index >= 15 is 0 Å². The van der Waals surface area contributed by atoms with Crippen LogP contribution in [0.1, 0.15) is 21.5 Å². The number of phenolic OH excluding ortho intramolecular Hbond substituents is 1. The van der Waals surface area contributed by atoms with Crippen LogP contribution < -0.4 is 5.32 Å². The topological polar surface area (TPSA) is 99.4 Å². The van der Waals surface area contributed by atoms with Crippen LogP contribution in [-0.4, -0.2) is 23.6 Å². The minimum atomic E-state index is -0.821. The molecule has 0 fully saturated rings. The molecule has 2 N–H and O–H groups in total. The number of nitrogens with one attached hydrogen (secondary N) is 1. The number of aryl methyl sites for hydroxylation is 1. The quantitative estimate of drug-likeness (QED) is 0.830. The first-order valence-electron chi connectivity index (χ1n) is 6.87. The first kappa shape index (κ1) is 17.3. The highest BCUT2D eigenvalue weighted by molar-refractivity contribution is 6.31. The van der Waals surface area contributed by atoms with Gasteiger partial charge in [0.05, 0.1) is 11.3 Å². The highest BCUT2D eigenvalue weighted by Crippen LogP contribution is 2.21. The second kappa shape index (κ2) is 7.49. The van der Waals surface area contributed by atoms with Gasteiger partial charge in [0.15, 0.2) is 6.61 Å². The summed E-state index contributed by atoms with van der Waals surface area (Å²) in [6, 6.07) is 10.8. The van der Waals surface area contributed by atoms with E-state index in [1.165, 1.54) is 30.3 Å². The molecule has 2 rings (SSSR count). The Morgan fingerprint density at radius 1 is 1.29 bits per heavy atom. The highest BCUT2D eigenvalue weighted by Gasteiger charge is 2.15. The maximum Gasteiger partial charge on any atom is 0.342 e. The Morgan fingerprint density at radius 3 is 2.75 bits per heavy atom. The number of carbonyl (C=O) groups excluding carboxylic acids is 2. The lowest BCUT2D eigenvalue weighted by molar-refractivity contribution is -0.119. The van der Waals surface area contributed by atoms with Crippen molar-refractivity contribution in [3.63, 3.8) is 0 Å². The van der Waals surface area contributed by atoms with Crippen molar-refractivity contribution < 1.29 is 19.4 Å². The Balaban J connectivity index is 2.01. The molecule has 0 saturated carbocycles. The Morgan fingerprint density at radius 2 is 2.04 bits per heavy atom. The average molecular weight is 345 g/mol. The minimum absolute atomic E-state index is 0.0248. The van der Waals surface area contributed by atoms with E-state index in [-0.39, 0.29) is 22.6 Å². The van der Waals surface area contributed by atoms with Gasteiger partial charge in [0.1, 0.15) is 17.4 Å². The number of hydrogen-bond acceptors (Lipinski definition) is 5. The number of anilines is 1. The number of halogens is 1. The number of rotatable bonds is 4. The Hall–Kier alpha value is -3.04. The van der Waals surface area contributed by atoms with Gasteiger partial charge in [-0.3, -0.25) is 4.79 Å². The number of ether oxygens (including phenoxy) is 1. The molecule has 0 unspecified atom stereocenters. The zero-order chi connectivity index (χ0) is 17.7. The van der Waals surface area contributed by atoms with Crippen molar-refractivity contribution in [2.45, 2.75) is 6.92 Å². The number of aromatic hydroxyl groups is 1. The van der Waals surface area contributed by atoms with Crippen LogP contribution in [0.2, 0.25) is 5.02 Å². The molecule has 0 atom stereocenters. The standard InChI is InChI=1S/C17H13ClN2O4/c1-10-2-5-15(21)13(6-10)17(23)24-9-16(22)20-14-7-12(18)4-3-11(14)8-19/h2-7,21H,9H2,1H3,(H,20,22). The second-order valence-corrected chi connectivity index (χ2v) is 5.38. The van der Waals surface area contributed by atoms with Gasteiger partial charge in [-0.2, -0.15) is 5.26 Å². The third kappa shape index (κ3) is 4.24. The molecule has 0 aliphatic carbocycles. The predicted molar refractivity (Wildman–Crippen MR) is 87.9 cm³/mol. The molecule has 0 bridgehead atoms. The van der Waals surface area contributed by atoms with Crippen molar-refractivity contribution in [1.29, 1.82) is 5.26 Å². The van der Waals surface area contributed by atoms with E-state index in [1.807, 2.05) is 6.07 Å². The van der Waals surface area contributed by atoms with Gasteiger partial charge in [-0.25, -0.2) is 4.79 Å². The van der Waals surface area contributed by atoms with Crippen molar-refractivity contribution in [1.82, 2.24) is 0 Å². The van der Waals surface area contributed by atoms with Crippen molar-refractivity contribution >= 4 is 29.2 Å². The molecule has 122 valence electrons. The van der Waals surface area contributed by atoms with Crippen molar-refractivity contribution in [2.24, 2.45) is 0 Å². The number of carbonyl (C=O) groups is 2. The van der Waals surface area contributed by atoms with E-state index in [0.29, 0.717) is 5.02 Å². The van der Waals surface area contributed by atoms with Gasteiger partial charge in [-0.05, 0) is 37.3 Å². The summed E-state index contributed by atoms with van der Waals surface area (Å²) in [6.07, 6.45) is 0. The summed E-state index contributed by atoms with van der Waals surface area (Å²) in [6.45, 7) is 1.19. The van der Waals surface area contributed by atoms with E-state index in [0.717, 1.165) is 5.56 Å². The lowest BCUT2D eigenvalue weighted by Crippen LogP contribution is -2.21. The number of nitriles is 1. The fraction of sp³-hybridized carbons (Fsp3) is 0.118. The average Bonchev–Trinajstić information content (AvgIpc) is 2.55. The summed E-state index contributed by atoms with van der Waals surface area (Å²) in [5, 5.41) is 21.4. The summed E-state index contributed by atoms with van der Waals surface area (Å²) in [4.78, 5) is 23.8. The van der Waals surface area contributed by atoms with Crippen molar-refractivity contribution in [2.75, 3.05) is 11.9 Å². The van der Waals surface area contributed by atoms with Crippen LogP contribution >= 0.6 is 11.6 Å². The molecule has 0 radical (unpaired) electrons. The third-order valence-electron chi connectivity index (χ3n) is 3.08. The lowest BCUT2D eigenvalue weighted by Gasteiger charge is -2.09. The van der Waals surface area contributed by atoms with E-state index < -0.39 is 18.5 Å². The van der Waals surface area contributed by atoms with Crippen molar-refractivity contribution in [3.8, 4) is 11.8 Å². The van der Waals surface area contributed by atoms with Gasteiger partial charge in [-0.15, -0.1) is 0 Å².